The summed E-state index contributed by atoms with van der Waals surface area (Å²) in [6.45, 7) is 4.08. The smallest absolute Gasteiger partial charge is 0.326 e. The molecule has 0 aliphatic rings. The number of carboxylic acids is 1. The van der Waals surface area contributed by atoms with Gasteiger partial charge in [-0.2, -0.15) is 0 Å². The second kappa shape index (κ2) is 6.16. The fraction of sp³-hybridized carbons (Fsp3) is 0.462. The van der Waals surface area contributed by atoms with Gasteiger partial charge in [0.1, 0.15) is 6.04 Å². The van der Waals surface area contributed by atoms with Gasteiger partial charge in [0.25, 0.3) is 0 Å². The number of nitrogens with one attached hydrogen (secondary N) is 1. The molecule has 1 aromatic carbocycles. The first-order chi connectivity index (χ1) is 7.67. The Balaban J connectivity index is 2.65. The van der Waals surface area contributed by atoms with E-state index in [1.165, 1.54) is 5.56 Å². The van der Waals surface area contributed by atoms with Gasteiger partial charge in [0, 0.05) is 5.69 Å². The molecule has 1 rings (SSSR count). The van der Waals surface area contributed by atoms with E-state index in [1.54, 1.807) is 0 Å². The molecule has 0 fully saturated rings. The number of hydrogen-bond acceptors (Lipinski definition) is 2. The van der Waals surface area contributed by atoms with Crippen LogP contribution in [0.15, 0.2) is 24.3 Å². The van der Waals surface area contributed by atoms with Crippen molar-refractivity contribution in [2.45, 2.75) is 39.2 Å². The molecule has 3 nitrogen and oxygen atoms in total. The number of rotatable bonds is 6. The van der Waals surface area contributed by atoms with Crippen LogP contribution in [0.4, 0.5) is 5.69 Å². The standard InChI is InChI=1S/C13H19NO2/c1-3-5-12(13(15)16)14-11-8-6-10(4-2)7-9-11/h6-9,12,14H,3-5H2,1-2H3,(H,15,16). The Morgan fingerprint density at radius 2 is 1.94 bits per heavy atom. The maximum absolute atomic E-state index is 11.0. The number of carbonyl (C=O) groups is 1. The maximum atomic E-state index is 11.0. The quantitative estimate of drug-likeness (QED) is 0.776. The minimum Gasteiger partial charge on any atom is -0.480 e. The van der Waals surface area contributed by atoms with Crippen LogP contribution in [0.25, 0.3) is 0 Å². The van der Waals surface area contributed by atoms with Crippen LogP contribution >= 0.6 is 0 Å². The summed E-state index contributed by atoms with van der Waals surface area (Å²) < 4.78 is 0. The van der Waals surface area contributed by atoms with Crippen molar-refractivity contribution in [1.82, 2.24) is 0 Å². The van der Waals surface area contributed by atoms with Gasteiger partial charge in [-0.1, -0.05) is 32.4 Å². The van der Waals surface area contributed by atoms with Gasteiger partial charge >= 0.3 is 5.97 Å². The first kappa shape index (κ1) is 12.6. The van der Waals surface area contributed by atoms with Crippen LogP contribution in [0.1, 0.15) is 32.3 Å². The van der Waals surface area contributed by atoms with Crippen molar-refractivity contribution in [2.75, 3.05) is 5.32 Å². The largest absolute Gasteiger partial charge is 0.480 e. The molecule has 0 heterocycles. The molecule has 0 spiro atoms. The lowest BCUT2D eigenvalue weighted by molar-refractivity contribution is -0.138. The van der Waals surface area contributed by atoms with Gasteiger partial charge in [-0.05, 0) is 30.5 Å². The van der Waals surface area contributed by atoms with Crippen molar-refractivity contribution in [1.29, 1.82) is 0 Å². The molecule has 0 radical (unpaired) electrons. The van der Waals surface area contributed by atoms with Crippen LogP contribution in [-0.2, 0) is 11.2 Å². The van der Waals surface area contributed by atoms with E-state index in [0.29, 0.717) is 6.42 Å². The Hall–Kier alpha value is -1.51. The number of aryl methyl sites for hydroxylation is 1. The molecule has 2 N–H and O–H groups in total. The molecule has 0 bridgehead atoms. The lowest BCUT2D eigenvalue weighted by Gasteiger charge is -2.15. The summed E-state index contributed by atoms with van der Waals surface area (Å²) >= 11 is 0. The topological polar surface area (TPSA) is 49.3 Å². The molecule has 1 unspecified atom stereocenters. The molecule has 0 saturated heterocycles. The van der Waals surface area contributed by atoms with Crippen molar-refractivity contribution in [3.05, 3.63) is 29.8 Å². The van der Waals surface area contributed by atoms with Crippen molar-refractivity contribution in [3.63, 3.8) is 0 Å². The number of aliphatic carboxylic acids is 1. The van der Waals surface area contributed by atoms with Crippen LogP contribution in [0.5, 0.6) is 0 Å². The van der Waals surface area contributed by atoms with Crippen molar-refractivity contribution < 1.29 is 9.90 Å². The highest BCUT2D eigenvalue weighted by molar-refractivity contribution is 5.77. The summed E-state index contributed by atoms with van der Waals surface area (Å²) in [5.41, 5.74) is 2.13. The third-order valence-corrected chi connectivity index (χ3v) is 2.58. The Bertz CT molecular complexity index is 332. The van der Waals surface area contributed by atoms with E-state index in [-0.39, 0.29) is 0 Å². The predicted octanol–water partition coefficient (Wildman–Crippen LogP) is 2.91. The zero-order valence-corrected chi connectivity index (χ0v) is 9.86. The van der Waals surface area contributed by atoms with E-state index in [0.717, 1.165) is 18.5 Å². The SMILES string of the molecule is CCCC(Nc1ccc(CC)cc1)C(=O)O. The van der Waals surface area contributed by atoms with Gasteiger partial charge in [-0.25, -0.2) is 4.79 Å². The van der Waals surface area contributed by atoms with Crippen LogP contribution in [0.2, 0.25) is 0 Å². The normalized spacial score (nSPS) is 12.1. The molecular weight excluding hydrogens is 202 g/mol. The van der Waals surface area contributed by atoms with Gasteiger partial charge in [0.05, 0.1) is 0 Å². The van der Waals surface area contributed by atoms with Crippen LogP contribution < -0.4 is 5.32 Å². The van der Waals surface area contributed by atoms with Crippen molar-refractivity contribution in [2.24, 2.45) is 0 Å². The van der Waals surface area contributed by atoms with E-state index in [4.69, 9.17) is 5.11 Å². The second-order valence-corrected chi connectivity index (χ2v) is 3.87. The van der Waals surface area contributed by atoms with Gasteiger partial charge < -0.3 is 10.4 Å². The van der Waals surface area contributed by atoms with E-state index in [9.17, 15) is 4.79 Å². The molecular formula is C13H19NO2. The average Bonchev–Trinajstić information content (AvgIpc) is 2.29. The summed E-state index contributed by atoms with van der Waals surface area (Å²) in [7, 11) is 0. The highest BCUT2D eigenvalue weighted by atomic mass is 16.4. The fourth-order valence-electron chi connectivity index (χ4n) is 1.58. The number of benzene rings is 1. The van der Waals surface area contributed by atoms with Gasteiger partial charge in [0.15, 0.2) is 0 Å². The fourth-order valence-corrected chi connectivity index (χ4v) is 1.58. The highest BCUT2D eigenvalue weighted by Crippen LogP contribution is 2.13. The maximum Gasteiger partial charge on any atom is 0.326 e. The Morgan fingerprint density at radius 3 is 2.38 bits per heavy atom. The third kappa shape index (κ3) is 3.57. The molecule has 16 heavy (non-hydrogen) atoms. The van der Waals surface area contributed by atoms with Gasteiger partial charge in [0.2, 0.25) is 0 Å². The minimum atomic E-state index is -0.790. The van der Waals surface area contributed by atoms with Crippen molar-refractivity contribution >= 4 is 11.7 Å². The number of anilines is 1. The molecule has 0 aromatic heterocycles. The second-order valence-electron chi connectivity index (χ2n) is 3.87. The lowest BCUT2D eigenvalue weighted by Crippen LogP contribution is -2.28. The monoisotopic (exact) mass is 221 g/mol. The highest BCUT2D eigenvalue weighted by Gasteiger charge is 2.15. The predicted molar refractivity (Wildman–Crippen MR) is 65.8 cm³/mol. The van der Waals surface area contributed by atoms with E-state index in [2.05, 4.69) is 12.2 Å². The Labute approximate surface area is 96.5 Å². The summed E-state index contributed by atoms with van der Waals surface area (Å²) in [5.74, 6) is -0.790. The first-order valence-corrected chi connectivity index (χ1v) is 5.75. The van der Waals surface area contributed by atoms with Crippen molar-refractivity contribution in [3.8, 4) is 0 Å². The van der Waals surface area contributed by atoms with E-state index < -0.39 is 12.0 Å². The average molecular weight is 221 g/mol. The molecule has 0 aliphatic carbocycles. The van der Waals surface area contributed by atoms with Crippen LogP contribution in [0.3, 0.4) is 0 Å². The zero-order valence-electron chi connectivity index (χ0n) is 9.86. The summed E-state index contributed by atoms with van der Waals surface area (Å²) in [6, 6.07) is 7.42. The molecule has 1 atom stereocenters. The number of hydrogen-bond donors (Lipinski definition) is 2. The number of carboxylic acid groups (broad SMARTS) is 1. The Kier molecular flexibility index (Phi) is 4.83. The summed E-state index contributed by atoms with van der Waals surface area (Å²) in [4.78, 5) is 11.0. The Morgan fingerprint density at radius 1 is 1.31 bits per heavy atom. The zero-order chi connectivity index (χ0) is 12.0. The van der Waals surface area contributed by atoms with E-state index in [1.807, 2.05) is 31.2 Å². The van der Waals surface area contributed by atoms with Gasteiger partial charge in [-0.15, -0.1) is 0 Å². The molecule has 0 aliphatic heterocycles. The molecule has 0 saturated carbocycles. The molecule has 0 amide bonds. The van der Waals surface area contributed by atoms with Gasteiger partial charge in [-0.3, -0.25) is 0 Å². The summed E-state index contributed by atoms with van der Waals surface area (Å²) in [6.07, 6.45) is 2.50. The van der Waals surface area contributed by atoms with E-state index >= 15 is 0 Å². The van der Waals surface area contributed by atoms with Crippen LogP contribution in [-0.4, -0.2) is 17.1 Å². The lowest BCUT2D eigenvalue weighted by atomic mass is 10.1. The summed E-state index contributed by atoms with van der Waals surface area (Å²) in [5, 5.41) is 12.0. The molecule has 3 heteroatoms. The van der Waals surface area contributed by atoms with Crippen LogP contribution in [0, 0.1) is 0 Å². The minimum absolute atomic E-state index is 0.488. The molecule has 1 aromatic rings. The first-order valence-electron chi connectivity index (χ1n) is 5.75. The third-order valence-electron chi connectivity index (χ3n) is 2.58. The molecule has 88 valence electrons.